The first-order chi connectivity index (χ1) is 14.1. The fourth-order valence-corrected chi connectivity index (χ4v) is 5.20. The van der Waals surface area contributed by atoms with E-state index in [1.165, 1.54) is 29.4 Å². The number of alkyl halides is 3. The minimum atomic E-state index is -4.60. The maximum atomic E-state index is 13.4. The molecular weight excluding hydrogens is 424 g/mol. The summed E-state index contributed by atoms with van der Waals surface area (Å²) in [6.45, 7) is 1.82. The van der Waals surface area contributed by atoms with E-state index in [9.17, 15) is 26.0 Å². The van der Waals surface area contributed by atoms with Gasteiger partial charge in [0.25, 0.3) is 0 Å². The number of sulfonamides is 1. The summed E-state index contributed by atoms with van der Waals surface area (Å²) in [4.78, 5) is 4.09. The number of benzene rings is 1. The van der Waals surface area contributed by atoms with E-state index in [4.69, 9.17) is 0 Å². The number of hydrogen-bond donors (Lipinski definition) is 0. The van der Waals surface area contributed by atoms with E-state index >= 15 is 0 Å². The molecule has 0 amide bonds. The van der Waals surface area contributed by atoms with Gasteiger partial charge in [-0.15, -0.1) is 0 Å². The molecule has 0 unspecified atom stereocenters. The molecule has 11 heteroatoms. The Labute approximate surface area is 170 Å². The van der Waals surface area contributed by atoms with E-state index in [-0.39, 0.29) is 35.2 Å². The van der Waals surface area contributed by atoms with Crippen molar-refractivity contribution in [2.24, 2.45) is 0 Å². The lowest BCUT2D eigenvalue weighted by Crippen LogP contribution is -2.39. The van der Waals surface area contributed by atoms with Gasteiger partial charge in [0.05, 0.1) is 10.6 Å². The second-order valence-electron chi connectivity index (χ2n) is 7.28. The Hall–Kier alpha value is -2.53. The molecule has 1 aromatic carbocycles. The molecule has 0 radical (unpaired) electrons. The van der Waals surface area contributed by atoms with Crippen LogP contribution in [0, 0.1) is 12.7 Å². The van der Waals surface area contributed by atoms with Gasteiger partial charge in [-0.25, -0.2) is 22.3 Å². The maximum absolute atomic E-state index is 13.4. The number of fused-ring (bicyclic) bond motifs is 1. The summed E-state index contributed by atoms with van der Waals surface area (Å²) in [6.07, 6.45) is -3.49. The molecule has 0 saturated carbocycles. The maximum Gasteiger partial charge on any atom is 0.433 e. The summed E-state index contributed by atoms with van der Waals surface area (Å²) in [7, 11) is -3.85. The lowest BCUT2D eigenvalue weighted by molar-refractivity contribution is -0.142. The first-order valence-electron chi connectivity index (χ1n) is 9.26. The third-order valence-electron chi connectivity index (χ3n) is 5.12. The molecule has 4 rings (SSSR count). The summed E-state index contributed by atoms with van der Waals surface area (Å²) in [6, 6.07) is 6.94. The number of aryl methyl sites for hydroxylation is 1. The fraction of sp³-hybridized carbons (Fsp3) is 0.368. The number of halogens is 4. The highest BCUT2D eigenvalue weighted by atomic mass is 32.2. The first kappa shape index (κ1) is 20.7. The summed E-state index contributed by atoms with van der Waals surface area (Å²) >= 11 is 0. The Morgan fingerprint density at radius 3 is 2.50 bits per heavy atom. The molecule has 1 aliphatic heterocycles. The van der Waals surface area contributed by atoms with Crippen LogP contribution in [-0.4, -0.2) is 40.4 Å². The van der Waals surface area contributed by atoms with E-state index in [1.54, 1.807) is 0 Å². The molecule has 1 aliphatic rings. The normalized spacial score (nSPS) is 18.8. The van der Waals surface area contributed by atoms with Gasteiger partial charge in [0.15, 0.2) is 5.65 Å². The highest BCUT2D eigenvalue weighted by Gasteiger charge is 2.36. The average molecular weight is 442 g/mol. The van der Waals surface area contributed by atoms with E-state index in [0.717, 1.165) is 22.7 Å². The molecule has 1 fully saturated rings. The van der Waals surface area contributed by atoms with Gasteiger partial charge in [-0.05, 0) is 50.1 Å². The second-order valence-corrected chi connectivity index (χ2v) is 9.21. The molecule has 2 aromatic heterocycles. The van der Waals surface area contributed by atoms with Crippen molar-refractivity contribution in [3.63, 3.8) is 0 Å². The molecule has 0 bridgehead atoms. The van der Waals surface area contributed by atoms with E-state index in [0.29, 0.717) is 18.5 Å². The summed E-state index contributed by atoms with van der Waals surface area (Å²) in [5.41, 5.74) is -0.290. The van der Waals surface area contributed by atoms with E-state index < -0.39 is 27.7 Å². The number of aromatic nitrogens is 3. The summed E-state index contributed by atoms with van der Waals surface area (Å²) in [5.74, 6) is -0.921. The van der Waals surface area contributed by atoms with E-state index in [1.807, 2.05) is 0 Å². The molecule has 0 N–H and O–H groups in total. The number of rotatable bonds is 3. The molecule has 160 valence electrons. The Balaban J connectivity index is 1.67. The van der Waals surface area contributed by atoms with Crippen LogP contribution in [0.5, 0.6) is 0 Å². The van der Waals surface area contributed by atoms with Gasteiger partial charge >= 0.3 is 6.18 Å². The SMILES string of the molecule is Cc1cc(C(F)(F)F)n2nc([C@H]3CCCN(S(=O)(=O)c4ccc(F)cc4)C3)cc2n1. The van der Waals surface area contributed by atoms with Gasteiger partial charge in [0.2, 0.25) is 10.0 Å². The molecule has 6 nitrogen and oxygen atoms in total. The predicted molar refractivity (Wildman–Crippen MR) is 99.9 cm³/mol. The minimum Gasteiger partial charge on any atom is -0.234 e. The van der Waals surface area contributed by atoms with Crippen molar-refractivity contribution in [2.75, 3.05) is 13.1 Å². The quantitative estimate of drug-likeness (QED) is 0.580. The zero-order chi connectivity index (χ0) is 21.7. The largest absolute Gasteiger partial charge is 0.433 e. The molecular formula is C19H18F4N4O2S. The molecule has 3 aromatic rings. The number of piperidine rings is 1. The molecule has 1 saturated heterocycles. The highest BCUT2D eigenvalue weighted by Crippen LogP contribution is 2.33. The van der Waals surface area contributed by atoms with Crippen LogP contribution >= 0.6 is 0 Å². The second kappa shape index (κ2) is 7.31. The molecule has 0 aliphatic carbocycles. The minimum absolute atomic E-state index is 0.0313. The van der Waals surface area contributed by atoms with Gasteiger partial charge in [0, 0.05) is 30.8 Å². The van der Waals surface area contributed by atoms with Gasteiger partial charge in [-0.3, -0.25) is 0 Å². The Morgan fingerprint density at radius 2 is 1.83 bits per heavy atom. The van der Waals surface area contributed by atoms with Crippen LogP contribution in [0.1, 0.15) is 35.8 Å². The molecule has 1 atom stereocenters. The van der Waals surface area contributed by atoms with Crippen LogP contribution in [0.4, 0.5) is 17.6 Å². The lowest BCUT2D eigenvalue weighted by Gasteiger charge is -2.31. The van der Waals surface area contributed by atoms with Crippen molar-refractivity contribution in [2.45, 2.75) is 36.8 Å². The van der Waals surface area contributed by atoms with Crippen LogP contribution in [0.25, 0.3) is 5.65 Å². The Bertz CT molecular complexity index is 1190. The predicted octanol–water partition coefficient (Wildman–Crippen LogP) is 3.76. The molecule has 0 spiro atoms. The van der Waals surface area contributed by atoms with Crippen molar-refractivity contribution >= 4 is 15.7 Å². The Morgan fingerprint density at radius 1 is 1.13 bits per heavy atom. The summed E-state index contributed by atoms with van der Waals surface area (Å²) in [5, 5.41) is 4.11. The average Bonchev–Trinajstić information content (AvgIpc) is 3.11. The lowest BCUT2D eigenvalue weighted by atomic mass is 9.96. The first-order valence-corrected chi connectivity index (χ1v) is 10.7. The number of hydrogen-bond acceptors (Lipinski definition) is 4. The van der Waals surface area contributed by atoms with Crippen molar-refractivity contribution in [1.29, 1.82) is 0 Å². The zero-order valence-corrected chi connectivity index (χ0v) is 16.7. The van der Waals surface area contributed by atoms with Gasteiger partial charge in [-0.2, -0.15) is 22.6 Å². The third-order valence-corrected chi connectivity index (χ3v) is 7.00. The fourth-order valence-electron chi connectivity index (χ4n) is 3.68. The zero-order valence-electron chi connectivity index (χ0n) is 15.9. The van der Waals surface area contributed by atoms with Gasteiger partial charge in [0.1, 0.15) is 11.5 Å². The van der Waals surface area contributed by atoms with Crippen molar-refractivity contribution < 1.29 is 26.0 Å². The smallest absolute Gasteiger partial charge is 0.234 e. The molecule has 30 heavy (non-hydrogen) atoms. The standard InChI is InChI=1S/C19H18F4N4O2S/c1-12-9-17(19(21,22)23)27-18(24-12)10-16(25-27)13-3-2-8-26(11-13)30(28,29)15-6-4-14(20)5-7-15/h4-7,9-10,13H,2-3,8,11H2,1H3/t13-/m0/s1. The monoisotopic (exact) mass is 442 g/mol. The van der Waals surface area contributed by atoms with Crippen LogP contribution in [0.15, 0.2) is 41.3 Å². The van der Waals surface area contributed by atoms with Crippen molar-refractivity contribution in [3.05, 3.63) is 59.3 Å². The van der Waals surface area contributed by atoms with Crippen molar-refractivity contribution in [3.8, 4) is 0 Å². The molecule has 3 heterocycles. The van der Waals surface area contributed by atoms with Gasteiger partial charge < -0.3 is 0 Å². The van der Waals surface area contributed by atoms with Gasteiger partial charge in [-0.1, -0.05) is 0 Å². The highest BCUT2D eigenvalue weighted by molar-refractivity contribution is 7.89. The van der Waals surface area contributed by atoms with Crippen LogP contribution in [-0.2, 0) is 16.2 Å². The topological polar surface area (TPSA) is 67.6 Å². The van der Waals surface area contributed by atoms with Crippen LogP contribution in [0.3, 0.4) is 0 Å². The van der Waals surface area contributed by atoms with Crippen LogP contribution < -0.4 is 0 Å². The van der Waals surface area contributed by atoms with Crippen molar-refractivity contribution in [1.82, 2.24) is 18.9 Å². The summed E-state index contributed by atoms with van der Waals surface area (Å²) < 4.78 is 81.1. The number of nitrogens with zero attached hydrogens (tertiary/aromatic N) is 4. The van der Waals surface area contributed by atoms with Crippen LogP contribution in [0.2, 0.25) is 0 Å². The Kier molecular flexibility index (Phi) is 5.05. The van der Waals surface area contributed by atoms with E-state index in [2.05, 4.69) is 10.1 Å². The third kappa shape index (κ3) is 3.79.